The van der Waals surface area contributed by atoms with E-state index in [1.165, 1.54) is 0 Å². The summed E-state index contributed by atoms with van der Waals surface area (Å²) in [6.07, 6.45) is 2.69. The number of carbonyl (C=O) groups is 2. The van der Waals surface area contributed by atoms with E-state index in [0.29, 0.717) is 12.3 Å². The number of carbonyl (C=O) groups excluding carboxylic acids is 1. The summed E-state index contributed by atoms with van der Waals surface area (Å²) in [5.74, 6) is -0.248. The van der Waals surface area contributed by atoms with Crippen LogP contribution in [0, 0.1) is 11.8 Å². The Morgan fingerprint density at radius 2 is 1.89 bits per heavy atom. The molecule has 0 aromatic heterocycles. The zero-order chi connectivity index (χ0) is 13.9. The zero-order valence-electron chi connectivity index (χ0n) is 11.6. The maximum Gasteiger partial charge on any atom is 0.326 e. The quantitative estimate of drug-likeness (QED) is 0.680. The van der Waals surface area contributed by atoms with Gasteiger partial charge in [-0.25, -0.2) is 9.59 Å². The molecule has 1 unspecified atom stereocenters. The number of rotatable bonds is 6. The molecule has 1 saturated carbocycles. The second kappa shape index (κ2) is 5.59. The average Bonchev–Trinajstić information content (AvgIpc) is 2.97. The van der Waals surface area contributed by atoms with Gasteiger partial charge in [0.15, 0.2) is 0 Å². The molecule has 0 heterocycles. The van der Waals surface area contributed by atoms with Crippen molar-refractivity contribution < 1.29 is 14.7 Å². The van der Waals surface area contributed by atoms with Crippen LogP contribution < -0.4 is 10.6 Å². The first-order chi connectivity index (χ1) is 8.22. The first-order valence-electron chi connectivity index (χ1n) is 6.54. The Hall–Kier alpha value is -1.26. The minimum Gasteiger partial charge on any atom is -0.480 e. The fourth-order valence-corrected chi connectivity index (χ4v) is 2.09. The second-order valence-corrected chi connectivity index (χ2v) is 6.11. The van der Waals surface area contributed by atoms with E-state index in [9.17, 15) is 9.59 Å². The molecule has 1 atom stereocenters. The van der Waals surface area contributed by atoms with Crippen molar-refractivity contribution in [1.29, 1.82) is 0 Å². The van der Waals surface area contributed by atoms with Crippen LogP contribution in [0.1, 0.15) is 47.0 Å². The molecule has 0 aromatic rings. The highest BCUT2D eigenvalue weighted by Gasteiger charge is 2.39. The van der Waals surface area contributed by atoms with Crippen LogP contribution in [0.3, 0.4) is 0 Å². The van der Waals surface area contributed by atoms with Crippen LogP contribution in [0.5, 0.6) is 0 Å². The van der Waals surface area contributed by atoms with Crippen LogP contribution in [-0.2, 0) is 4.79 Å². The van der Waals surface area contributed by atoms with Crippen molar-refractivity contribution in [2.75, 3.05) is 0 Å². The molecular weight excluding hydrogens is 232 g/mol. The summed E-state index contributed by atoms with van der Waals surface area (Å²) in [5.41, 5.74) is -0.259. The van der Waals surface area contributed by atoms with E-state index in [1.54, 1.807) is 0 Å². The monoisotopic (exact) mass is 256 g/mol. The lowest BCUT2D eigenvalue weighted by molar-refractivity contribution is -0.139. The fourth-order valence-electron chi connectivity index (χ4n) is 2.09. The SMILES string of the molecule is CC(C)CC(NC(=O)NC(C)(C)C1CC1)C(=O)O. The number of urea groups is 1. The van der Waals surface area contributed by atoms with E-state index in [0.717, 1.165) is 12.8 Å². The normalized spacial score (nSPS) is 17.4. The third-order valence-electron chi connectivity index (χ3n) is 3.34. The number of aliphatic carboxylic acids is 1. The van der Waals surface area contributed by atoms with E-state index in [2.05, 4.69) is 10.6 Å². The molecule has 0 saturated heterocycles. The van der Waals surface area contributed by atoms with Crippen LogP contribution in [0.4, 0.5) is 4.79 Å². The summed E-state index contributed by atoms with van der Waals surface area (Å²) in [4.78, 5) is 22.8. The number of nitrogens with one attached hydrogen (secondary N) is 2. The van der Waals surface area contributed by atoms with Crippen molar-refractivity contribution in [3.05, 3.63) is 0 Å². The molecule has 5 heteroatoms. The third kappa shape index (κ3) is 4.55. The highest BCUT2D eigenvalue weighted by Crippen LogP contribution is 2.39. The van der Waals surface area contributed by atoms with Crippen molar-refractivity contribution in [2.24, 2.45) is 11.8 Å². The molecule has 1 aliphatic rings. The molecule has 3 N–H and O–H groups in total. The molecule has 0 aliphatic heterocycles. The van der Waals surface area contributed by atoms with Gasteiger partial charge < -0.3 is 15.7 Å². The molecule has 0 spiro atoms. The lowest BCUT2D eigenvalue weighted by Crippen LogP contribution is -2.53. The Labute approximate surface area is 108 Å². The van der Waals surface area contributed by atoms with Crippen LogP contribution in [-0.4, -0.2) is 28.7 Å². The number of hydrogen-bond donors (Lipinski definition) is 3. The molecule has 104 valence electrons. The summed E-state index contributed by atoms with van der Waals surface area (Å²) < 4.78 is 0. The molecule has 0 aromatic carbocycles. The largest absolute Gasteiger partial charge is 0.480 e. The van der Waals surface area contributed by atoms with Crippen molar-refractivity contribution in [2.45, 2.75) is 58.5 Å². The molecule has 18 heavy (non-hydrogen) atoms. The van der Waals surface area contributed by atoms with Gasteiger partial charge in [0.05, 0.1) is 0 Å². The van der Waals surface area contributed by atoms with Crippen molar-refractivity contribution in [3.63, 3.8) is 0 Å². The first-order valence-corrected chi connectivity index (χ1v) is 6.54. The molecule has 2 amide bonds. The van der Waals surface area contributed by atoms with E-state index in [4.69, 9.17) is 5.11 Å². The maximum absolute atomic E-state index is 11.8. The molecule has 1 rings (SSSR count). The highest BCUT2D eigenvalue weighted by atomic mass is 16.4. The van der Waals surface area contributed by atoms with Gasteiger partial charge in [-0.3, -0.25) is 0 Å². The van der Waals surface area contributed by atoms with E-state index < -0.39 is 12.0 Å². The Morgan fingerprint density at radius 3 is 2.28 bits per heavy atom. The summed E-state index contributed by atoms with van der Waals surface area (Å²) in [6, 6.07) is -1.21. The summed E-state index contributed by atoms with van der Waals surface area (Å²) in [5, 5.41) is 14.4. The van der Waals surface area contributed by atoms with Gasteiger partial charge in [0.1, 0.15) is 6.04 Å². The maximum atomic E-state index is 11.8. The summed E-state index contributed by atoms with van der Waals surface area (Å²) in [6.45, 7) is 7.82. The Kier molecular flexibility index (Phi) is 4.59. The van der Waals surface area contributed by atoms with Crippen LogP contribution in [0.15, 0.2) is 0 Å². The van der Waals surface area contributed by atoms with Gasteiger partial charge in [-0.05, 0) is 44.9 Å². The molecule has 5 nitrogen and oxygen atoms in total. The molecule has 0 radical (unpaired) electrons. The standard InChI is InChI=1S/C13H24N2O3/c1-8(2)7-10(11(16)17)14-12(18)15-13(3,4)9-5-6-9/h8-10H,5-7H2,1-4H3,(H,16,17)(H2,14,15,18). The fraction of sp³-hybridized carbons (Fsp3) is 0.846. The average molecular weight is 256 g/mol. The van der Waals surface area contributed by atoms with Gasteiger partial charge in [-0.1, -0.05) is 13.8 Å². The predicted octanol–water partition coefficient (Wildman–Crippen LogP) is 1.97. The Balaban J connectivity index is 2.48. The van der Waals surface area contributed by atoms with Crippen LogP contribution in [0.2, 0.25) is 0 Å². The number of amides is 2. The Morgan fingerprint density at radius 1 is 1.33 bits per heavy atom. The highest BCUT2D eigenvalue weighted by molar-refractivity contribution is 5.82. The number of carboxylic acids is 1. The lowest BCUT2D eigenvalue weighted by atomic mass is 9.99. The molecular formula is C13H24N2O3. The van der Waals surface area contributed by atoms with Gasteiger partial charge in [-0.2, -0.15) is 0 Å². The second-order valence-electron chi connectivity index (χ2n) is 6.11. The molecule has 0 bridgehead atoms. The number of hydrogen-bond acceptors (Lipinski definition) is 2. The minimum atomic E-state index is -0.983. The minimum absolute atomic E-state index is 0.225. The zero-order valence-corrected chi connectivity index (χ0v) is 11.6. The van der Waals surface area contributed by atoms with Crippen molar-refractivity contribution >= 4 is 12.0 Å². The van der Waals surface area contributed by atoms with Crippen molar-refractivity contribution in [3.8, 4) is 0 Å². The topological polar surface area (TPSA) is 78.4 Å². The van der Waals surface area contributed by atoms with Gasteiger partial charge in [-0.15, -0.1) is 0 Å². The van der Waals surface area contributed by atoms with Gasteiger partial charge >= 0.3 is 12.0 Å². The Bertz CT molecular complexity index is 322. The van der Waals surface area contributed by atoms with E-state index >= 15 is 0 Å². The first kappa shape index (κ1) is 14.8. The smallest absolute Gasteiger partial charge is 0.326 e. The predicted molar refractivity (Wildman–Crippen MR) is 69.3 cm³/mol. The summed E-state index contributed by atoms with van der Waals surface area (Å²) >= 11 is 0. The summed E-state index contributed by atoms with van der Waals surface area (Å²) in [7, 11) is 0. The molecule has 1 fully saturated rings. The third-order valence-corrected chi connectivity index (χ3v) is 3.34. The van der Waals surface area contributed by atoms with Gasteiger partial charge in [0.2, 0.25) is 0 Å². The van der Waals surface area contributed by atoms with Crippen LogP contribution in [0.25, 0.3) is 0 Å². The van der Waals surface area contributed by atoms with E-state index in [1.807, 2.05) is 27.7 Å². The molecule has 1 aliphatic carbocycles. The van der Waals surface area contributed by atoms with Gasteiger partial charge in [0, 0.05) is 5.54 Å². The van der Waals surface area contributed by atoms with Gasteiger partial charge in [0.25, 0.3) is 0 Å². The van der Waals surface area contributed by atoms with Crippen molar-refractivity contribution in [1.82, 2.24) is 10.6 Å². The number of carboxylic acid groups (broad SMARTS) is 1. The van der Waals surface area contributed by atoms with Crippen LogP contribution >= 0.6 is 0 Å². The van der Waals surface area contributed by atoms with E-state index in [-0.39, 0.29) is 17.5 Å². The lowest BCUT2D eigenvalue weighted by Gasteiger charge is -2.27.